The van der Waals surface area contributed by atoms with Crippen LogP contribution in [0.2, 0.25) is 0 Å². The Balaban J connectivity index is 0.000000425. The molecule has 0 aliphatic rings. The molecule has 5 nitrogen and oxygen atoms in total. The van der Waals surface area contributed by atoms with Crippen molar-refractivity contribution in [3.8, 4) is 11.5 Å². The van der Waals surface area contributed by atoms with Crippen LogP contribution in [0, 0.1) is 13.8 Å². The number of carbonyl (C=O) groups excluding carboxylic acids is 1. The number of rotatable bonds is 3. The maximum atomic E-state index is 10.0. The van der Waals surface area contributed by atoms with Crippen molar-refractivity contribution in [3.05, 3.63) is 59.2 Å². The standard InChI is InChI=1S/C17H18N3.C5H8O2.Ir/c1-10(2)13-5-6-15-14(9-13)7-8-18-16(15)17-19-11(3)12(4)20-17;1-4(6)3-5(2)7;/h5-10H,1-4H3;3,6H,1-2H3;/q-1;;/b;4-3-;. The number of aliphatic hydroxyl groups is 1. The molecule has 1 aromatic carbocycles. The molecule has 1 N–H and O–H groups in total. The molecule has 0 aliphatic heterocycles. The van der Waals surface area contributed by atoms with Crippen LogP contribution >= 0.6 is 0 Å². The molecular formula is C22H26IrN3O2-. The average Bonchev–Trinajstić information content (AvgIpc) is 2.92. The molecule has 151 valence electrons. The Morgan fingerprint density at radius 3 is 2.32 bits per heavy atom. The number of fused-ring (bicyclic) bond motifs is 1. The number of carbonyl (C=O) groups is 1. The third-order valence-corrected chi connectivity index (χ3v) is 4.15. The third-order valence-electron chi connectivity index (χ3n) is 4.15. The van der Waals surface area contributed by atoms with E-state index in [9.17, 15) is 4.79 Å². The summed E-state index contributed by atoms with van der Waals surface area (Å²) in [6, 6.07) is 8.58. The topological polar surface area (TPSA) is 77.2 Å². The summed E-state index contributed by atoms with van der Waals surface area (Å²) in [6.45, 7) is 11.2. The minimum absolute atomic E-state index is 0. The Hall–Kier alpha value is -2.30. The summed E-state index contributed by atoms with van der Waals surface area (Å²) in [5.41, 5.74) is 4.15. The second kappa shape index (κ2) is 10.3. The number of pyridine rings is 1. The van der Waals surface area contributed by atoms with E-state index < -0.39 is 0 Å². The number of aryl methyl sites for hydroxylation is 2. The Morgan fingerprint density at radius 2 is 1.86 bits per heavy atom. The van der Waals surface area contributed by atoms with E-state index in [1.165, 1.54) is 30.9 Å². The van der Waals surface area contributed by atoms with Crippen LogP contribution in [0.3, 0.4) is 0 Å². The number of hydrogen-bond acceptors (Lipinski definition) is 4. The molecular weight excluding hydrogens is 530 g/mol. The van der Waals surface area contributed by atoms with Crippen LogP contribution in [-0.4, -0.2) is 20.9 Å². The summed E-state index contributed by atoms with van der Waals surface area (Å²) in [5, 5.41) is 10.7. The van der Waals surface area contributed by atoms with Gasteiger partial charge in [-0.25, -0.2) is 0 Å². The summed E-state index contributed by atoms with van der Waals surface area (Å²) in [4.78, 5) is 23.5. The number of imidazole rings is 1. The summed E-state index contributed by atoms with van der Waals surface area (Å²) in [6.07, 6.45) is 3.00. The number of allylic oxidation sites excluding steroid dienone is 2. The average molecular weight is 557 g/mol. The number of nitrogens with zero attached hydrogens (tertiary/aromatic N) is 3. The van der Waals surface area contributed by atoms with Gasteiger partial charge in [0.15, 0.2) is 5.78 Å². The van der Waals surface area contributed by atoms with Gasteiger partial charge < -0.3 is 15.1 Å². The van der Waals surface area contributed by atoms with E-state index in [0.717, 1.165) is 28.3 Å². The number of ketones is 1. The predicted octanol–water partition coefficient (Wildman–Crippen LogP) is 5.03. The zero-order valence-corrected chi connectivity index (χ0v) is 19.5. The van der Waals surface area contributed by atoms with Gasteiger partial charge in [0.05, 0.1) is 11.5 Å². The van der Waals surface area contributed by atoms with Crippen molar-refractivity contribution in [2.75, 3.05) is 0 Å². The molecule has 1 radical (unpaired) electrons. The van der Waals surface area contributed by atoms with Gasteiger partial charge in [-0.15, -0.1) is 0 Å². The van der Waals surface area contributed by atoms with E-state index >= 15 is 0 Å². The van der Waals surface area contributed by atoms with Crippen molar-refractivity contribution in [2.45, 2.75) is 47.5 Å². The monoisotopic (exact) mass is 557 g/mol. The van der Waals surface area contributed by atoms with Crippen molar-refractivity contribution in [1.29, 1.82) is 0 Å². The molecule has 2 heterocycles. The molecule has 28 heavy (non-hydrogen) atoms. The van der Waals surface area contributed by atoms with Gasteiger partial charge in [-0.3, -0.25) is 9.78 Å². The van der Waals surface area contributed by atoms with Crippen molar-refractivity contribution in [3.63, 3.8) is 0 Å². The first-order valence-corrected chi connectivity index (χ1v) is 8.93. The van der Waals surface area contributed by atoms with E-state index in [1.807, 2.05) is 26.1 Å². The normalized spacial score (nSPS) is 11.0. The molecule has 0 amide bonds. The third kappa shape index (κ3) is 6.11. The zero-order chi connectivity index (χ0) is 20.1. The van der Waals surface area contributed by atoms with Gasteiger partial charge >= 0.3 is 0 Å². The summed E-state index contributed by atoms with van der Waals surface area (Å²) >= 11 is 0. The van der Waals surface area contributed by atoms with Crippen molar-refractivity contribution in [1.82, 2.24) is 15.0 Å². The fourth-order valence-electron chi connectivity index (χ4n) is 2.64. The van der Waals surface area contributed by atoms with Crippen molar-refractivity contribution >= 4 is 16.6 Å². The Morgan fingerprint density at radius 1 is 1.18 bits per heavy atom. The Kier molecular flexibility index (Phi) is 8.73. The molecule has 0 atom stereocenters. The van der Waals surface area contributed by atoms with Gasteiger partial charge in [-0.1, -0.05) is 43.4 Å². The van der Waals surface area contributed by atoms with Crippen molar-refractivity contribution < 1.29 is 30.0 Å². The summed E-state index contributed by atoms with van der Waals surface area (Å²) in [5.74, 6) is 1.19. The van der Waals surface area contributed by atoms with Gasteiger partial charge in [0, 0.05) is 37.8 Å². The van der Waals surface area contributed by atoms with Crippen LogP contribution in [-0.2, 0) is 24.9 Å². The molecule has 0 spiro atoms. The SMILES string of the molecule is CC(=O)/C=C(/C)O.Cc1nc(-c2nccc3cc(C(C)C)ccc23)[n-]c1C.[Ir]. The summed E-state index contributed by atoms with van der Waals surface area (Å²) < 4.78 is 0. The molecule has 0 aliphatic carbocycles. The van der Waals surface area contributed by atoms with Crippen LogP contribution < -0.4 is 4.98 Å². The van der Waals surface area contributed by atoms with E-state index in [2.05, 4.69) is 47.0 Å². The molecule has 3 aromatic rings. The molecule has 0 bridgehead atoms. The molecule has 3 rings (SSSR count). The largest absolute Gasteiger partial charge is 0.512 e. The fourth-order valence-corrected chi connectivity index (χ4v) is 2.64. The van der Waals surface area contributed by atoms with E-state index in [0.29, 0.717) is 5.92 Å². The molecule has 6 heteroatoms. The zero-order valence-electron chi connectivity index (χ0n) is 17.1. The smallest absolute Gasteiger partial charge is 0.155 e. The van der Waals surface area contributed by atoms with Gasteiger partial charge in [0.25, 0.3) is 0 Å². The summed E-state index contributed by atoms with van der Waals surface area (Å²) in [7, 11) is 0. The second-order valence-electron chi connectivity index (χ2n) is 6.91. The van der Waals surface area contributed by atoms with Crippen LogP contribution in [0.15, 0.2) is 42.3 Å². The number of benzene rings is 1. The first-order chi connectivity index (χ1) is 12.7. The predicted molar refractivity (Wildman–Crippen MR) is 109 cm³/mol. The van der Waals surface area contributed by atoms with E-state index in [4.69, 9.17) is 5.11 Å². The minimum atomic E-state index is -0.125. The quantitative estimate of drug-likeness (QED) is 0.362. The van der Waals surface area contributed by atoms with Gasteiger partial charge in [-0.05, 0) is 56.5 Å². The van der Waals surface area contributed by atoms with Crippen LogP contribution in [0.5, 0.6) is 0 Å². The minimum Gasteiger partial charge on any atom is -0.512 e. The van der Waals surface area contributed by atoms with Gasteiger partial charge in [0.2, 0.25) is 0 Å². The maximum Gasteiger partial charge on any atom is 0.155 e. The molecule has 0 saturated carbocycles. The Bertz CT molecular complexity index is 967. The van der Waals surface area contributed by atoms with Crippen molar-refractivity contribution in [2.24, 2.45) is 0 Å². The first-order valence-electron chi connectivity index (χ1n) is 8.93. The van der Waals surface area contributed by atoms with Gasteiger partial charge in [0.1, 0.15) is 0 Å². The molecule has 2 aromatic heterocycles. The molecule has 0 saturated heterocycles. The number of aromatic nitrogens is 3. The Labute approximate surface area is 179 Å². The maximum absolute atomic E-state index is 10.0. The van der Waals surface area contributed by atoms with Crippen LogP contribution in [0.4, 0.5) is 0 Å². The molecule has 0 unspecified atom stereocenters. The van der Waals surface area contributed by atoms with E-state index in [1.54, 1.807) is 0 Å². The van der Waals surface area contributed by atoms with Crippen LogP contribution in [0.1, 0.15) is 50.6 Å². The number of hydrogen-bond donors (Lipinski definition) is 1. The van der Waals surface area contributed by atoms with E-state index in [-0.39, 0.29) is 31.6 Å². The fraction of sp³-hybridized carbons (Fsp3) is 0.318. The van der Waals surface area contributed by atoms with Gasteiger partial charge in [-0.2, -0.15) is 0 Å². The van der Waals surface area contributed by atoms with Crippen LogP contribution in [0.25, 0.3) is 22.3 Å². The first kappa shape index (κ1) is 23.7. The molecule has 0 fully saturated rings. The second-order valence-corrected chi connectivity index (χ2v) is 6.91. The number of aliphatic hydroxyl groups excluding tert-OH is 1.